The first kappa shape index (κ1) is 33.2. The van der Waals surface area contributed by atoms with Gasteiger partial charge in [-0.3, -0.25) is 9.59 Å². The predicted molar refractivity (Wildman–Crippen MR) is 163 cm³/mol. The summed E-state index contributed by atoms with van der Waals surface area (Å²) in [5.41, 5.74) is 0.370. The van der Waals surface area contributed by atoms with E-state index in [4.69, 9.17) is 4.74 Å². The van der Waals surface area contributed by atoms with E-state index < -0.39 is 28.9 Å². The van der Waals surface area contributed by atoms with E-state index in [2.05, 4.69) is 10.6 Å². The van der Waals surface area contributed by atoms with Crippen molar-refractivity contribution in [2.75, 3.05) is 14.1 Å². The zero-order valence-corrected chi connectivity index (χ0v) is 26.5. The summed E-state index contributed by atoms with van der Waals surface area (Å²) < 4.78 is 5.47. The molecule has 0 aliphatic heterocycles. The first-order valence-corrected chi connectivity index (χ1v) is 14.7. The number of rotatable bonds is 12. The Hall–Kier alpha value is -2.97. The van der Waals surface area contributed by atoms with Crippen LogP contribution < -0.4 is 10.6 Å². The molecule has 0 saturated heterocycles. The monoisotopic (exact) mass is 569 g/mol. The Kier molecular flexibility index (Phi) is 11.7. The fourth-order valence-corrected chi connectivity index (χ4v) is 5.42. The van der Waals surface area contributed by atoms with E-state index >= 15 is 0 Å². The maximum Gasteiger partial charge on any atom is 0.333 e. The molecule has 2 rings (SSSR count). The van der Waals surface area contributed by atoms with Gasteiger partial charge in [-0.2, -0.15) is 0 Å². The summed E-state index contributed by atoms with van der Waals surface area (Å²) in [7, 11) is 3.48. The van der Waals surface area contributed by atoms with Crippen molar-refractivity contribution in [3.63, 3.8) is 0 Å². The first-order valence-electron chi connectivity index (χ1n) is 13.8. The van der Waals surface area contributed by atoms with Crippen LogP contribution in [0.5, 0.6) is 0 Å². The topological polar surface area (TPSA) is 87.7 Å². The predicted octanol–water partition coefficient (Wildman–Crippen LogP) is 5.32. The third-order valence-corrected chi connectivity index (χ3v) is 8.19. The molecule has 1 aromatic heterocycles. The van der Waals surface area contributed by atoms with E-state index in [1.807, 2.05) is 96.3 Å². The fraction of sp³-hybridized carbons (Fsp3) is 0.531. The van der Waals surface area contributed by atoms with Crippen molar-refractivity contribution in [2.24, 2.45) is 11.3 Å². The van der Waals surface area contributed by atoms with Crippen LogP contribution in [-0.4, -0.2) is 54.9 Å². The van der Waals surface area contributed by atoms with Gasteiger partial charge in [0, 0.05) is 22.9 Å². The largest absolute Gasteiger partial charge is 0.457 e. The molecular formula is C32H47N3O4S. The smallest absolute Gasteiger partial charge is 0.333 e. The minimum atomic E-state index is -0.784. The lowest BCUT2D eigenvalue weighted by atomic mass is 9.76. The second-order valence-electron chi connectivity index (χ2n) is 12.3. The van der Waals surface area contributed by atoms with E-state index in [1.165, 1.54) is 11.3 Å². The molecule has 0 aliphatic rings. The molecule has 0 saturated carbocycles. The average Bonchev–Trinajstić information content (AvgIpc) is 3.41. The molecule has 0 fully saturated rings. The SMILES string of the molecule is CN[C@H](C(=O)N[C@H](C(=O)N(C)[C@H](C=C(C)C(=O)OCc1cccs1)C(C)C)C(C)(C)C)C(C)(C)c1ccccc1. The zero-order chi connectivity index (χ0) is 30.3. The van der Waals surface area contributed by atoms with Gasteiger partial charge in [0.2, 0.25) is 11.8 Å². The number of hydrogen-bond acceptors (Lipinski definition) is 6. The fourth-order valence-electron chi connectivity index (χ4n) is 4.80. The molecule has 1 heterocycles. The lowest BCUT2D eigenvalue weighted by Crippen LogP contribution is -2.61. The van der Waals surface area contributed by atoms with Crippen molar-refractivity contribution in [1.29, 1.82) is 0 Å². The number of ether oxygens (including phenoxy) is 1. The molecule has 8 heteroatoms. The van der Waals surface area contributed by atoms with E-state index in [-0.39, 0.29) is 30.4 Å². The van der Waals surface area contributed by atoms with Gasteiger partial charge in [0.15, 0.2) is 0 Å². The van der Waals surface area contributed by atoms with Gasteiger partial charge in [-0.1, -0.05) is 90.9 Å². The van der Waals surface area contributed by atoms with Crippen molar-refractivity contribution in [3.05, 3.63) is 69.9 Å². The molecule has 40 heavy (non-hydrogen) atoms. The zero-order valence-electron chi connectivity index (χ0n) is 25.7. The number of esters is 1. The summed E-state index contributed by atoms with van der Waals surface area (Å²) in [5, 5.41) is 8.17. The quantitative estimate of drug-likeness (QED) is 0.267. The van der Waals surface area contributed by atoms with Gasteiger partial charge in [-0.15, -0.1) is 11.3 Å². The second kappa shape index (κ2) is 14.1. The number of carbonyl (C=O) groups is 3. The molecule has 2 aromatic rings. The highest BCUT2D eigenvalue weighted by Gasteiger charge is 2.41. The summed E-state index contributed by atoms with van der Waals surface area (Å²) in [6, 6.07) is 12.0. The van der Waals surface area contributed by atoms with Gasteiger partial charge < -0.3 is 20.3 Å². The molecule has 1 aromatic carbocycles. The molecule has 3 atom stereocenters. The Labute approximate surface area is 244 Å². The Balaban J connectivity index is 2.26. The van der Waals surface area contributed by atoms with Gasteiger partial charge in [0.05, 0.1) is 12.1 Å². The number of nitrogens with zero attached hydrogens (tertiary/aromatic N) is 1. The number of carbonyl (C=O) groups excluding carboxylic acids is 3. The van der Waals surface area contributed by atoms with Crippen molar-refractivity contribution in [3.8, 4) is 0 Å². The van der Waals surface area contributed by atoms with Crippen molar-refractivity contribution in [2.45, 2.75) is 85.5 Å². The molecule has 0 radical (unpaired) electrons. The van der Waals surface area contributed by atoms with Crippen LogP contribution in [0.4, 0.5) is 0 Å². The van der Waals surface area contributed by atoms with E-state index in [0.717, 1.165) is 10.4 Å². The number of likely N-dealkylation sites (N-methyl/N-ethyl adjacent to an activating group) is 2. The highest BCUT2D eigenvalue weighted by molar-refractivity contribution is 7.09. The van der Waals surface area contributed by atoms with Gasteiger partial charge in [-0.05, 0) is 42.3 Å². The van der Waals surface area contributed by atoms with Crippen LogP contribution >= 0.6 is 11.3 Å². The van der Waals surface area contributed by atoms with E-state index in [9.17, 15) is 14.4 Å². The maximum atomic E-state index is 14.0. The van der Waals surface area contributed by atoms with Crippen LogP contribution in [0, 0.1) is 11.3 Å². The maximum absolute atomic E-state index is 14.0. The average molecular weight is 570 g/mol. The minimum absolute atomic E-state index is 0.0207. The van der Waals surface area contributed by atoms with Gasteiger partial charge in [-0.25, -0.2) is 4.79 Å². The Morgan fingerprint density at radius 2 is 1.62 bits per heavy atom. The van der Waals surface area contributed by atoms with Gasteiger partial charge >= 0.3 is 5.97 Å². The second-order valence-corrected chi connectivity index (χ2v) is 13.3. The number of hydrogen-bond donors (Lipinski definition) is 2. The van der Waals surface area contributed by atoms with Crippen LogP contribution in [0.1, 0.15) is 65.8 Å². The molecule has 7 nitrogen and oxygen atoms in total. The number of amides is 2. The van der Waals surface area contributed by atoms with Crippen LogP contribution in [0.3, 0.4) is 0 Å². The Morgan fingerprint density at radius 1 is 1.00 bits per heavy atom. The molecule has 0 aliphatic carbocycles. The normalized spacial score (nSPS) is 14.8. The minimum Gasteiger partial charge on any atom is -0.457 e. The molecule has 220 valence electrons. The number of nitrogens with one attached hydrogen (secondary N) is 2. The molecular weight excluding hydrogens is 522 g/mol. The van der Waals surface area contributed by atoms with Crippen molar-refractivity contribution < 1.29 is 19.1 Å². The third-order valence-electron chi connectivity index (χ3n) is 7.34. The van der Waals surface area contributed by atoms with E-state index in [0.29, 0.717) is 5.57 Å². The van der Waals surface area contributed by atoms with Crippen molar-refractivity contribution >= 4 is 29.1 Å². The summed E-state index contributed by atoms with van der Waals surface area (Å²) in [4.78, 5) is 43.0. The Bertz CT molecular complexity index is 1150. The molecule has 0 bridgehead atoms. The number of thiophene rings is 1. The lowest BCUT2D eigenvalue weighted by Gasteiger charge is -2.40. The van der Waals surface area contributed by atoms with Crippen LogP contribution in [0.15, 0.2) is 59.5 Å². The lowest BCUT2D eigenvalue weighted by molar-refractivity contribution is -0.141. The summed E-state index contributed by atoms with van der Waals surface area (Å²) in [5.74, 6) is -0.862. The first-order chi connectivity index (χ1) is 18.6. The Morgan fingerprint density at radius 3 is 2.12 bits per heavy atom. The van der Waals surface area contributed by atoms with Crippen LogP contribution in [0.25, 0.3) is 0 Å². The summed E-state index contributed by atoms with van der Waals surface area (Å²) in [6.45, 7) is 15.8. The summed E-state index contributed by atoms with van der Waals surface area (Å²) >= 11 is 1.53. The standard InChI is InChI=1S/C32H47N3O4S/c1-21(2)25(19-22(3)30(38)39-20-24-17-14-18-40-24)35(10)29(37)27(31(4,5)6)34-28(36)26(33-9)32(7,8)23-15-12-11-13-16-23/h11-19,21,25-27,33H,20H2,1-10H3,(H,34,36)/t25-,26-,27-/m1/s1. The molecule has 2 N–H and O–H groups in total. The molecule has 2 amide bonds. The third kappa shape index (κ3) is 8.51. The molecule has 0 unspecified atom stereocenters. The van der Waals surface area contributed by atoms with Gasteiger partial charge in [0.25, 0.3) is 0 Å². The van der Waals surface area contributed by atoms with Gasteiger partial charge in [0.1, 0.15) is 12.6 Å². The highest BCUT2D eigenvalue weighted by atomic mass is 32.1. The molecule has 0 spiro atoms. The van der Waals surface area contributed by atoms with Crippen LogP contribution in [0.2, 0.25) is 0 Å². The summed E-state index contributed by atoms with van der Waals surface area (Å²) in [6.07, 6.45) is 1.79. The van der Waals surface area contributed by atoms with Crippen molar-refractivity contribution in [1.82, 2.24) is 15.5 Å². The number of benzene rings is 1. The van der Waals surface area contributed by atoms with E-state index in [1.54, 1.807) is 32.0 Å². The highest BCUT2D eigenvalue weighted by Crippen LogP contribution is 2.29. The van der Waals surface area contributed by atoms with Crippen LogP contribution in [-0.2, 0) is 31.1 Å².